The van der Waals surface area contributed by atoms with Crippen LogP contribution in [0, 0.1) is 5.41 Å². The number of hydrogen-bond donors (Lipinski definition) is 1. The number of benzene rings is 1. The summed E-state index contributed by atoms with van der Waals surface area (Å²) in [6, 6.07) is 6.41. The smallest absolute Gasteiger partial charge is 0.328 e. The molecule has 1 saturated heterocycles. The topological polar surface area (TPSA) is 49.4 Å². The Labute approximate surface area is 116 Å². The number of rotatable bonds is 1. The van der Waals surface area contributed by atoms with Crippen molar-refractivity contribution < 1.29 is 9.59 Å². The highest BCUT2D eigenvalue weighted by Gasteiger charge is 2.43. The van der Waals surface area contributed by atoms with Gasteiger partial charge in [-0.1, -0.05) is 18.0 Å². The summed E-state index contributed by atoms with van der Waals surface area (Å²) in [6.07, 6.45) is 3.62. The Balaban J connectivity index is 1.89. The maximum atomic E-state index is 12.4. The minimum Gasteiger partial charge on any atom is -0.337 e. The Kier molecular flexibility index (Phi) is 2.97. The van der Waals surface area contributed by atoms with Crippen LogP contribution in [-0.4, -0.2) is 18.5 Å². The first-order valence-corrected chi connectivity index (χ1v) is 6.84. The van der Waals surface area contributed by atoms with E-state index in [9.17, 15) is 9.59 Å². The molecule has 1 aromatic carbocycles. The number of nitrogens with zero attached hydrogens (tertiary/aromatic N) is 1. The molecule has 1 aliphatic heterocycles. The SMILES string of the molecule is O=C1CC2(CCC2)CNC(=O)N1c1ccc(Cl)cc1. The molecule has 1 N–H and O–H groups in total. The molecule has 5 heteroatoms. The third kappa shape index (κ3) is 2.21. The van der Waals surface area contributed by atoms with E-state index >= 15 is 0 Å². The molecule has 2 aliphatic rings. The third-order valence-corrected chi connectivity index (χ3v) is 4.34. The molecule has 1 heterocycles. The first-order chi connectivity index (χ1) is 9.10. The fraction of sp³-hybridized carbons (Fsp3) is 0.429. The van der Waals surface area contributed by atoms with Crippen molar-refractivity contribution in [3.63, 3.8) is 0 Å². The van der Waals surface area contributed by atoms with E-state index in [-0.39, 0.29) is 17.4 Å². The number of imide groups is 1. The monoisotopic (exact) mass is 278 g/mol. The summed E-state index contributed by atoms with van der Waals surface area (Å²) in [5, 5.41) is 3.45. The first kappa shape index (κ1) is 12.5. The molecule has 0 unspecified atom stereocenters. The molecule has 3 rings (SSSR count). The van der Waals surface area contributed by atoms with Gasteiger partial charge in [0.15, 0.2) is 0 Å². The minimum absolute atomic E-state index is 0.00603. The van der Waals surface area contributed by atoms with Crippen molar-refractivity contribution in [1.29, 1.82) is 0 Å². The molecular formula is C14H15ClN2O2. The Bertz CT molecular complexity index is 523. The van der Waals surface area contributed by atoms with Gasteiger partial charge in [0.05, 0.1) is 5.69 Å². The molecule has 0 atom stereocenters. The van der Waals surface area contributed by atoms with Gasteiger partial charge in [-0.3, -0.25) is 4.79 Å². The fourth-order valence-corrected chi connectivity index (χ4v) is 2.93. The van der Waals surface area contributed by atoms with Crippen LogP contribution in [0.2, 0.25) is 5.02 Å². The molecule has 2 fully saturated rings. The van der Waals surface area contributed by atoms with Crippen molar-refractivity contribution in [2.45, 2.75) is 25.7 Å². The van der Waals surface area contributed by atoms with E-state index in [0.29, 0.717) is 23.7 Å². The van der Waals surface area contributed by atoms with Crippen LogP contribution in [0.5, 0.6) is 0 Å². The van der Waals surface area contributed by atoms with Gasteiger partial charge in [0.2, 0.25) is 5.91 Å². The van der Waals surface area contributed by atoms with Crippen molar-refractivity contribution in [3.05, 3.63) is 29.3 Å². The van der Waals surface area contributed by atoms with Gasteiger partial charge in [-0.15, -0.1) is 0 Å². The zero-order valence-corrected chi connectivity index (χ0v) is 11.2. The predicted molar refractivity (Wildman–Crippen MR) is 73.2 cm³/mol. The van der Waals surface area contributed by atoms with Crippen LogP contribution in [0.15, 0.2) is 24.3 Å². The lowest BCUT2D eigenvalue weighted by molar-refractivity contribution is -0.120. The van der Waals surface area contributed by atoms with E-state index in [1.807, 2.05) is 0 Å². The van der Waals surface area contributed by atoms with Gasteiger partial charge in [0.1, 0.15) is 0 Å². The number of halogens is 1. The predicted octanol–water partition coefficient (Wildman–Crippen LogP) is 2.96. The molecular weight excluding hydrogens is 264 g/mol. The summed E-state index contributed by atoms with van der Waals surface area (Å²) < 4.78 is 0. The van der Waals surface area contributed by atoms with E-state index in [0.717, 1.165) is 19.3 Å². The van der Waals surface area contributed by atoms with E-state index in [4.69, 9.17) is 11.6 Å². The lowest BCUT2D eigenvalue weighted by Gasteiger charge is -2.39. The minimum atomic E-state index is -0.337. The molecule has 100 valence electrons. The average Bonchev–Trinajstić information content (AvgIpc) is 2.47. The summed E-state index contributed by atoms with van der Waals surface area (Å²) >= 11 is 5.83. The van der Waals surface area contributed by atoms with Gasteiger partial charge >= 0.3 is 6.03 Å². The highest BCUT2D eigenvalue weighted by molar-refractivity contribution is 6.30. The average molecular weight is 279 g/mol. The lowest BCUT2D eigenvalue weighted by atomic mass is 9.66. The molecule has 1 spiro atoms. The van der Waals surface area contributed by atoms with Crippen LogP contribution >= 0.6 is 11.6 Å². The second-order valence-electron chi connectivity index (χ2n) is 5.39. The summed E-state index contributed by atoms with van der Waals surface area (Å²) in [7, 11) is 0. The second kappa shape index (κ2) is 4.53. The zero-order chi connectivity index (χ0) is 13.5. The van der Waals surface area contributed by atoms with Gasteiger partial charge < -0.3 is 5.32 Å². The number of hydrogen-bond acceptors (Lipinski definition) is 2. The van der Waals surface area contributed by atoms with Gasteiger partial charge in [0.25, 0.3) is 0 Å². The van der Waals surface area contributed by atoms with E-state index in [1.165, 1.54) is 4.90 Å². The molecule has 0 radical (unpaired) electrons. The summed E-state index contributed by atoms with van der Waals surface area (Å²) in [4.78, 5) is 25.7. The maximum absolute atomic E-state index is 12.4. The van der Waals surface area contributed by atoms with Crippen LogP contribution in [0.4, 0.5) is 10.5 Å². The zero-order valence-electron chi connectivity index (χ0n) is 10.5. The number of carbonyl (C=O) groups excluding carboxylic acids is 2. The van der Waals surface area contributed by atoms with Crippen molar-refractivity contribution in [2.24, 2.45) is 5.41 Å². The Morgan fingerprint density at radius 3 is 2.42 bits per heavy atom. The second-order valence-corrected chi connectivity index (χ2v) is 5.83. The molecule has 1 saturated carbocycles. The van der Waals surface area contributed by atoms with E-state index in [1.54, 1.807) is 24.3 Å². The van der Waals surface area contributed by atoms with E-state index < -0.39 is 0 Å². The van der Waals surface area contributed by atoms with Crippen molar-refractivity contribution in [2.75, 3.05) is 11.4 Å². The lowest BCUT2D eigenvalue weighted by Crippen LogP contribution is -2.42. The van der Waals surface area contributed by atoms with Crippen LogP contribution in [0.3, 0.4) is 0 Å². The molecule has 3 amide bonds. The van der Waals surface area contributed by atoms with Crippen LogP contribution < -0.4 is 10.2 Å². The summed E-state index contributed by atoms with van der Waals surface area (Å²) in [5.74, 6) is -0.128. The number of urea groups is 1. The maximum Gasteiger partial charge on any atom is 0.328 e. The Hall–Kier alpha value is -1.55. The molecule has 1 aromatic rings. The number of carbonyl (C=O) groups is 2. The Morgan fingerprint density at radius 1 is 1.16 bits per heavy atom. The highest BCUT2D eigenvalue weighted by Crippen LogP contribution is 2.45. The quantitative estimate of drug-likeness (QED) is 0.859. The number of nitrogens with one attached hydrogen (secondary N) is 1. The Morgan fingerprint density at radius 2 is 1.84 bits per heavy atom. The molecule has 4 nitrogen and oxygen atoms in total. The van der Waals surface area contributed by atoms with Crippen LogP contribution in [0.25, 0.3) is 0 Å². The molecule has 19 heavy (non-hydrogen) atoms. The molecule has 0 aromatic heterocycles. The van der Waals surface area contributed by atoms with Crippen molar-refractivity contribution >= 4 is 29.2 Å². The number of anilines is 1. The molecule has 1 aliphatic carbocycles. The van der Waals surface area contributed by atoms with Crippen LogP contribution in [0.1, 0.15) is 25.7 Å². The third-order valence-electron chi connectivity index (χ3n) is 4.09. The summed E-state index contributed by atoms with van der Waals surface area (Å²) in [6.45, 7) is 0.599. The highest BCUT2D eigenvalue weighted by atomic mass is 35.5. The molecule has 0 bridgehead atoms. The van der Waals surface area contributed by atoms with Gasteiger partial charge in [-0.2, -0.15) is 0 Å². The fourth-order valence-electron chi connectivity index (χ4n) is 2.80. The normalized spacial score (nSPS) is 21.8. The van der Waals surface area contributed by atoms with Gasteiger partial charge in [0, 0.05) is 18.0 Å². The van der Waals surface area contributed by atoms with Crippen molar-refractivity contribution in [3.8, 4) is 0 Å². The van der Waals surface area contributed by atoms with Crippen molar-refractivity contribution in [1.82, 2.24) is 5.32 Å². The largest absolute Gasteiger partial charge is 0.337 e. The number of amides is 3. The van der Waals surface area contributed by atoms with Crippen LogP contribution in [-0.2, 0) is 4.79 Å². The van der Waals surface area contributed by atoms with Gasteiger partial charge in [-0.05, 0) is 42.5 Å². The van der Waals surface area contributed by atoms with Gasteiger partial charge in [-0.25, -0.2) is 9.69 Å². The standard InChI is InChI=1S/C14H15ClN2O2/c15-10-2-4-11(5-3-10)17-12(18)8-14(6-1-7-14)9-16-13(17)19/h2-5H,1,6-9H2,(H,16,19). The summed E-state index contributed by atoms with van der Waals surface area (Å²) in [5.41, 5.74) is 0.566. The first-order valence-electron chi connectivity index (χ1n) is 6.46. The van der Waals surface area contributed by atoms with E-state index in [2.05, 4.69) is 5.32 Å².